The molecule has 0 radical (unpaired) electrons. The van der Waals surface area contributed by atoms with Crippen LogP contribution in [0.15, 0.2) is 41.2 Å². The molecule has 0 aliphatic carbocycles. The number of aromatic nitrogens is 2. The quantitative estimate of drug-likeness (QED) is 0.847. The van der Waals surface area contributed by atoms with Gasteiger partial charge in [0.05, 0.1) is 5.69 Å². The first-order valence-corrected chi connectivity index (χ1v) is 5.44. The van der Waals surface area contributed by atoms with E-state index in [1.807, 2.05) is 0 Å². The Bertz CT molecular complexity index is 669. The number of para-hydroxylation sites is 1. The van der Waals surface area contributed by atoms with E-state index in [0.29, 0.717) is 0 Å². The first kappa shape index (κ1) is 12.7. The third-order valence-corrected chi connectivity index (χ3v) is 2.33. The van der Waals surface area contributed by atoms with Crippen LogP contribution in [0.3, 0.4) is 0 Å². The molecule has 2 rings (SSSR count). The highest BCUT2D eigenvalue weighted by Crippen LogP contribution is 2.11. The molecule has 1 aromatic carbocycles. The van der Waals surface area contributed by atoms with Gasteiger partial charge in [0.25, 0.3) is 5.56 Å². The molecule has 0 unspecified atom stereocenters. The minimum atomic E-state index is -0.565. The van der Waals surface area contributed by atoms with Crippen LogP contribution in [-0.2, 0) is 11.3 Å². The van der Waals surface area contributed by atoms with Crippen LogP contribution in [0.5, 0.6) is 0 Å². The van der Waals surface area contributed by atoms with Gasteiger partial charge in [0.1, 0.15) is 18.2 Å². The smallest absolute Gasteiger partial charge is 0.267 e. The second kappa shape index (κ2) is 5.30. The molecule has 0 atom stereocenters. The van der Waals surface area contributed by atoms with Crippen molar-refractivity contribution >= 4 is 17.4 Å². The van der Waals surface area contributed by atoms with E-state index in [9.17, 15) is 14.0 Å². The Labute approximate surface area is 107 Å². The number of anilines is 2. The number of carbonyl (C=O) groups is 1. The summed E-state index contributed by atoms with van der Waals surface area (Å²) in [5, 5.41) is 6.05. The van der Waals surface area contributed by atoms with E-state index in [4.69, 9.17) is 5.73 Å². The van der Waals surface area contributed by atoms with Gasteiger partial charge in [0, 0.05) is 6.07 Å². The Kier molecular flexibility index (Phi) is 3.56. The Morgan fingerprint density at radius 2 is 2.05 bits per heavy atom. The van der Waals surface area contributed by atoms with Crippen LogP contribution in [0, 0.1) is 5.82 Å². The van der Waals surface area contributed by atoms with Crippen molar-refractivity contribution in [1.29, 1.82) is 0 Å². The highest BCUT2D eigenvalue weighted by atomic mass is 19.1. The average Bonchev–Trinajstić information content (AvgIpc) is 2.37. The van der Waals surface area contributed by atoms with Crippen LogP contribution < -0.4 is 16.6 Å². The fraction of sp³-hybridized carbons (Fsp3) is 0.0833. The lowest BCUT2D eigenvalue weighted by atomic mass is 10.3. The van der Waals surface area contributed by atoms with Crippen LogP contribution in [0.1, 0.15) is 0 Å². The van der Waals surface area contributed by atoms with Gasteiger partial charge in [-0.3, -0.25) is 9.59 Å². The number of nitrogen functional groups attached to an aromatic ring is 1. The predicted molar refractivity (Wildman–Crippen MR) is 67.9 cm³/mol. The lowest BCUT2D eigenvalue weighted by molar-refractivity contribution is -0.117. The zero-order valence-electron chi connectivity index (χ0n) is 9.84. The van der Waals surface area contributed by atoms with E-state index >= 15 is 0 Å². The van der Waals surface area contributed by atoms with Gasteiger partial charge in [0.2, 0.25) is 5.91 Å². The normalized spacial score (nSPS) is 10.2. The lowest BCUT2D eigenvalue weighted by Crippen LogP contribution is -2.29. The van der Waals surface area contributed by atoms with Crippen molar-refractivity contribution in [3.63, 3.8) is 0 Å². The van der Waals surface area contributed by atoms with E-state index in [-0.39, 0.29) is 18.1 Å². The molecule has 3 N–H and O–H groups in total. The molecule has 2 aromatic rings. The Balaban J connectivity index is 2.12. The second-order valence-electron chi connectivity index (χ2n) is 3.78. The molecule has 1 heterocycles. The van der Waals surface area contributed by atoms with Crippen molar-refractivity contribution in [2.75, 3.05) is 11.1 Å². The maximum Gasteiger partial charge on any atom is 0.267 e. The summed E-state index contributed by atoms with van der Waals surface area (Å²) in [4.78, 5) is 23.1. The standard InChI is InChI=1S/C12H11FN4O2/c13-8-3-1-2-4-9(8)15-11(18)7-17-12(19)6-5-10(14)16-17/h1-6H,7H2,(H2,14,16)(H,15,18). The maximum atomic E-state index is 13.3. The van der Waals surface area contributed by atoms with Gasteiger partial charge >= 0.3 is 0 Å². The topological polar surface area (TPSA) is 90.0 Å². The maximum absolute atomic E-state index is 13.3. The van der Waals surface area contributed by atoms with Crippen molar-refractivity contribution in [2.24, 2.45) is 0 Å². The van der Waals surface area contributed by atoms with Crippen LogP contribution in [0.25, 0.3) is 0 Å². The van der Waals surface area contributed by atoms with Gasteiger partial charge in [-0.05, 0) is 18.2 Å². The summed E-state index contributed by atoms with van der Waals surface area (Å²) in [5.41, 5.74) is 5.00. The number of hydrogen-bond acceptors (Lipinski definition) is 4. The number of nitrogens with one attached hydrogen (secondary N) is 1. The fourth-order valence-corrected chi connectivity index (χ4v) is 1.47. The summed E-state index contributed by atoms with van der Waals surface area (Å²) in [6.07, 6.45) is 0. The minimum absolute atomic E-state index is 0.0458. The minimum Gasteiger partial charge on any atom is -0.382 e. The van der Waals surface area contributed by atoms with E-state index < -0.39 is 17.3 Å². The van der Waals surface area contributed by atoms with Gasteiger partial charge in [-0.2, -0.15) is 5.10 Å². The molecular weight excluding hydrogens is 251 g/mol. The zero-order chi connectivity index (χ0) is 13.8. The Hall–Kier alpha value is -2.70. The number of nitrogens with two attached hydrogens (primary N) is 1. The van der Waals surface area contributed by atoms with E-state index in [1.54, 1.807) is 6.07 Å². The molecule has 1 amide bonds. The molecule has 98 valence electrons. The van der Waals surface area contributed by atoms with Gasteiger partial charge < -0.3 is 11.1 Å². The summed E-state index contributed by atoms with van der Waals surface area (Å²) < 4.78 is 14.2. The van der Waals surface area contributed by atoms with Crippen LogP contribution in [0.4, 0.5) is 15.9 Å². The molecule has 6 nitrogen and oxygen atoms in total. The highest BCUT2D eigenvalue weighted by molar-refractivity contribution is 5.90. The molecule has 1 aromatic heterocycles. The summed E-state index contributed by atoms with van der Waals surface area (Å²) in [6, 6.07) is 8.29. The third-order valence-electron chi connectivity index (χ3n) is 2.33. The van der Waals surface area contributed by atoms with Crippen LogP contribution in [0.2, 0.25) is 0 Å². The number of rotatable bonds is 3. The SMILES string of the molecule is Nc1ccc(=O)n(CC(=O)Nc2ccccc2F)n1. The van der Waals surface area contributed by atoms with Gasteiger partial charge in [-0.15, -0.1) is 0 Å². The van der Waals surface area contributed by atoms with E-state index in [1.165, 1.54) is 30.3 Å². The summed E-state index contributed by atoms with van der Waals surface area (Å²) >= 11 is 0. The van der Waals surface area contributed by atoms with Crippen molar-refractivity contribution in [2.45, 2.75) is 6.54 Å². The fourth-order valence-electron chi connectivity index (χ4n) is 1.47. The first-order valence-electron chi connectivity index (χ1n) is 5.44. The number of hydrogen-bond donors (Lipinski definition) is 2. The van der Waals surface area contributed by atoms with Crippen LogP contribution in [-0.4, -0.2) is 15.7 Å². The van der Waals surface area contributed by atoms with Crippen molar-refractivity contribution in [3.8, 4) is 0 Å². The van der Waals surface area contributed by atoms with Crippen molar-refractivity contribution < 1.29 is 9.18 Å². The number of carbonyl (C=O) groups excluding carboxylic acids is 1. The molecule has 0 aliphatic heterocycles. The van der Waals surface area contributed by atoms with Crippen molar-refractivity contribution in [3.05, 3.63) is 52.6 Å². The zero-order valence-corrected chi connectivity index (χ0v) is 9.84. The first-order chi connectivity index (χ1) is 9.06. The molecule has 0 saturated carbocycles. The highest BCUT2D eigenvalue weighted by Gasteiger charge is 2.08. The molecule has 0 aliphatic rings. The number of halogens is 1. The number of nitrogens with zero attached hydrogens (tertiary/aromatic N) is 2. The van der Waals surface area contributed by atoms with Gasteiger partial charge in [-0.1, -0.05) is 12.1 Å². The van der Waals surface area contributed by atoms with Crippen molar-refractivity contribution in [1.82, 2.24) is 9.78 Å². The molecule has 0 saturated heterocycles. The second-order valence-corrected chi connectivity index (χ2v) is 3.78. The van der Waals surface area contributed by atoms with E-state index in [0.717, 1.165) is 4.68 Å². The molecule has 0 spiro atoms. The Morgan fingerprint density at radius 3 is 2.79 bits per heavy atom. The average molecular weight is 262 g/mol. The number of amides is 1. The molecule has 0 fully saturated rings. The molecule has 19 heavy (non-hydrogen) atoms. The summed E-state index contributed by atoms with van der Waals surface area (Å²) in [6.45, 7) is -0.335. The summed E-state index contributed by atoms with van der Waals surface area (Å²) in [5.74, 6) is -0.993. The Morgan fingerprint density at radius 1 is 1.32 bits per heavy atom. The predicted octanol–water partition coefficient (Wildman–Crippen LogP) is 0.603. The number of benzene rings is 1. The summed E-state index contributed by atoms with van der Waals surface area (Å²) in [7, 11) is 0. The van der Waals surface area contributed by atoms with Gasteiger partial charge in [-0.25, -0.2) is 9.07 Å². The lowest BCUT2D eigenvalue weighted by Gasteiger charge is -2.07. The molecular formula is C12H11FN4O2. The molecule has 0 bridgehead atoms. The van der Waals surface area contributed by atoms with E-state index in [2.05, 4.69) is 10.4 Å². The van der Waals surface area contributed by atoms with Gasteiger partial charge in [0.15, 0.2) is 0 Å². The monoisotopic (exact) mass is 262 g/mol. The van der Waals surface area contributed by atoms with Crippen LogP contribution >= 0.6 is 0 Å². The largest absolute Gasteiger partial charge is 0.382 e. The molecule has 7 heteroatoms. The third kappa shape index (κ3) is 3.15.